The van der Waals surface area contributed by atoms with E-state index in [1.54, 1.807) is 6.92 Å². The summed E-state index contributed by atoms with van der Waals surface area (Å²) < 4.78 is 11.2. The first-order valence-corrected chi connectivity index (χ1v) is 9.52. The van der Waals surface area contributed by atoms with E-state index >= 15 is 0 Å². The Morgan fingerprint density at radius 3 is 2.56 bits per heavy atom. The number of benzene rings is 1. The molecule has 1 saturated heterocycles. The maximum atomic E-state index is 12.6. The number of aliphatic hydroxyl groups excluding tert-OH is 2. The van der Waals surface area contributed by atoms with Crippen LogP contribution in [0.25, 0.3) is 0 Å². The average Bonchev–Trinajstić information content (AvgIpc) is 2.63. The van der Waals surface area contributed by atoms with Crippen LogP contribution in [0.3, 0.4) is 0 Å². The second-order valence-electron chi connectivity index (χ2n) is 6.75. The number of methoxy groups -OCH3 is 1. The highest BCUT2D eigenvalue weighted by molar-refractivity contribution is 8.01. The van der Waals surface area contributed by atoms with Crippen molar-refractivity contribution in [3.8, 4) is 0 Å². The van der Waals surface area contributed by atoms with Crippen molar-refractivity contribution in [2.75, 3.05) is 7.11 Å². The normalized spacial score (nSPS) is 32.0. The van der Waals surface area contributed by atoms with Crippen molar-refractivity contribution in [1.82, 2.24) is 0 Å². The molecule has 6 atom stereocenters. The summed E-state index contributed by atoms with van der Waals surface area (Å²) in [4.78, 5) is 12.3. The molecule has 2 N–H and O–H groups in total. The zero-order valence-corrected chi connectivity index (χ0v) is 16.0. The lowest BCUT2D eigenvalue weighted by molar-refractivity contribution is -0.202. The minimum Gasteiger partial charge on any atom is -0.466 e. The summed E-state index contributed by atoms with van der Waals surface area (Å²) in [5.41, 5.74) is 0. The molecular weight excluding hydrogens is 340 g/mol. The average molecular weight is 368 g/mol. The Morgan fingerprint density at radius 2 is 2.00 bits per heavy atom. The van der Waals surface area contributed by atoms with Gasteiger partial charge in [-0.05, 0) is 30.4 Å². The molecule has 0 amide bonds. The SMILES string of the molecule is CC[C@@H](O)[C@@H](O)C1O[C@](Sc2ccccc2)(C(=O)OC)C[C@@H](C)[C@H]1C. The van der Waals surface area contributed by atoms with Crippen LogP contribution in [-0.4, -0.2) is 46.5 Å². The minimum atomic E-state index is -1.23. The van der Waals surface area contributed by atoms with E-state index in [9.17, 15) is 15.0 Å². The summed E-state index contributed by atoms with van der Waals surface area (Å²) in [7, 11) is 1.34. The number of hydrogen-bond acceptors (Lipinski definition) is 6. The van der Waals surface area contributed by atoms with E-state index in [0.29, 0.717) is 12.8 Å². The summed E-state index contributed by atoms with van der Waals surface area (Å²) in [5, 5.41) is 20.6. The Balaban J connectivity index is 2.36. The Morgan fingerprint density at radius 1 is 1.36 bits per heavy atom. The third kappa shape index (κ3) is 4.37. The van der Waals surface area contributed by atoms with Gasteiger partial charge in [0.25, 0.3) is 0 Å². The highest BCUT2D eigenvalue weighted by Crippen LogP contribution is 2.48. The smallest absolute Gasteiger partial charge is 0.349 e. The van der Waals surface area contributed by atoms with E-state index in [1.165, 1.54) is 18.9 Å². The van der Waals surface area contributed by atoms with Gasteiger partial charge < -0.3 is 19.7 Å². The molecule has 6 heteroatoms. The van der Waals surface area contributed by atoms with Gasteiger partial charge in [-0.1, -0.05) is 50.7 Å². The number of carbonyl (C=O) groups is 1. The van der Waals surface area contributed by atoms with Crippen molar-refractivity contribution in [2.45, 2.75) is 61.8 Å². The van der Waals surface area contributed by atoms with Crippen molar-refractivity contribution in [1.29, 1.82) is 0 Å². The number of esters is 1. The van der Waals surface area contributed by atoms with Gasteiger partial charge in [-0.2, -0.15) is 0 Å². The number of aliphatic hydroxyl groups is 2. The van der Waals surface area contributed by atoms with Crippen LogP contribution >= 0.6 is 11.8 Å². The molecule has 0 spiro atoms. The van der Waals surface area contributed by atoms with Crippen molar-refractivity contribution in [3.05, 3.63) is 30.3 Å². The van der Waals surface area contributed by atoms with Crippen LogP contribution in [0.2, 0.25) is 0 Å². The molecule has 0 aliphatic carbocycles. The quantitative estimate of drug-likeness (QED) is 0.752. The van der Waals surface area contributed by atoms with Gasteiger partial charge in [-0.25, -0.2) is 4.79 Å². The minimum absolute atomic E-state index is 0.00496. The molecule has 1 heterocycles. The predicted octanol–water partition coefficient (Wildman–Crippen LogP) is 2.84. The third-order valence-corrected chi connectivity index (χ3v) is 6.27. The lowest BCUT2D eigenvalue weighted by atomic mass is 9.80. The first-order chi connectivity index (χ1) is 11.8. The molecule has 0 radical (unpaired) electrons. The first-order valence-electron chi connectivity index (χ1n) is 8.71. The Bertz CT molecular complexity index is 566. The monoisotopic (exact) mass is 368 g/mol. The van der Waals surface area contributed by atoms with Crippen LogP contribution < -0.4 is 0 Å². The molecule has 1 aromatic carbocycles. The Labute approximate surface area is 153 Å². The number of carbonyl (C=O) groups excluding carboxylic acids is 1. The lowest BCUT2D eigenvalue weighted by Crippen LogP contribution is -2.56. The van der Waals surface area contributed by atoms with Gasteiger partial charge in [0.15, 0.2) is 0 Å². The summed E-state index contributed by atoms with van der Waals surface area (Å²) in [6.07, 6.45) is -1.70. The van der Waals surface area contributed by atoms with Crippen molar-refractivity contribution < 1.29 is 24.5 Å². The van der Waals surface area contributed by atoms with Gasteiger partial charge in [0.05, 0.1) is 19.3 Å². The predicted molar refractivity (Wildman–Crippen MR) is 97.2 cm³/mol. The lowest BCUT2D eigenvalue weighted by Gasteiger charge is -2.47. The van der Waals surface area contributed by atoms with Crippen molar-refractivity contribution >= 4 is 17.7 Å². The maximum absolute atomic E-state index is 12.6. The van der Waals surface area contributed by atoms with Crippen LogP contribution in [0, 0.1) is 11.8 Å². The molecule has 2 rings (SSSR count). The van der Waals surface area contributed by atoms with Crippen LogP contribution in [0.4, 0.5) is 0 Å². The first kappa shape index (κ1) is 20.2. The van der Waals surface area contributed by atoms with E-state index in [1.807, 2.05) is 44.2 Å². The van der Waals surface area contributed by atoms with E-state index in [4.69, 9.17) is 9.47 Å². The van der Waals surface area contributed by atoms with Gasteiger partial charge >= 0.3 is 5.97 Å². The molecule has 1 aliphatic rings. The number of hydrogen-bond donors (Lipinski definition) is 2. The molecular formula is C19H28O5S. The fourth-order valence-corrected chi connectivity index (χ4v) is 4.57. The van der Waals surface area contributed by atoms with Crippen LogP contribution in [0.15, 0.2) is 35.2 Å². The standard InChI is InChI=1S/C19H28O5S/c1-5-15(20)16(21)17-13(3)12(2)11-19(24-17,18(22)23-4)25-14-9-7-6-8-10-14/h6-10,12-13,15-17,20-21H,5,11H2,1-4H3/t12-,13-,15-,16-,17?,19-/m1/s1. The fourth-order valence-electron chi connectivity index (χ4n) is 3.22. The summed E-state index contributed by atoms with van der Waals surface area (Å²) in [6.45, 7) is 5.82. The van der Waals surface area contributed by atoms with Gasteiger partial charge in [-0.15, -0.1) is 0 Å². The second kappa shape index (κ2) is 8.54. The molecule has 1 unspecified atom stereocenters. The van der Waals surface area contributed by atoms with Gasteiger partial charge in [0, 0.05) is 11.3 Å². The third-order valence-electron chi connectivity index (χ3n) is 5.00. The van der Waals surface area contributed by atoms with E-state index in [0.717, 1.165) is 4.90 Å². The van der Waals surface area contributed by atoms with Gasteiger partial charge in [0.2, 0.25) is 4.93 Å². The fraction of sp³-hybridized carbons (Fsp3) is 0.632. The Hall–Kier alpha value is -1.08. The van der Waals surface area contributed by atoms with Gasteiger partial charge in [-0.3, -0.25) is 0 Å². The highest BCUT2D eigenvalue weighted by atomic mass is 32.2. The summed E-state index contributed by atoms with van der Waals surface area (Å²) in [5.74, 6) is -0.346. The summed E-state index contributed by atoms with van der Waals surface area (Å²) >= 11 is 1.30. The van der Waals surface area contributed by atoms with Crippen LogP contribution in [0.5, 0.6) is 0 Å². The molecule has 0 bridgehead atoms. The van der Waals surface area contributed by atoms with Crippen LogP contribution in [-0.2, 0) is 14.3 Å². The topological polar surface area (TPSA) is 76.0 Å². The second-order valence-corrected chi connectivity index (χ2v) is 8.08. The van der Waals surface area contributed by atoms with E-state index < -0.39 is 29.2 Å². The zero-order chi connectivity index (χ0) is 18.6. The number of ether oxygens (including phenoxy) is 2. The maximum Gasteiger partial charge on any atom is 0.349 e. The molecule has 1 aliphatic heterocycles. The van der Waals surface area contributed by atoms with E-state index in [-0.39, 0.29) is 11.8 Å². The molecule has 0 aromatic heterocycles. The van der Waals surface area contributed by atoms with Crippen molar-refractivity contribution in [2.24, 2.45) is 11.8 Å². The van der Waals surface area contributed by atoms with Gasteiger partial charge in [0.1, 0.15) is 6.10 Å². The molecule has 25 heavy (non-hydrogen) atoms. The molecule has 140 valence electrons. The molecule has 1 fully saturated rings. The molecule has 0 saturated carbocycles. The Kier molecular flexibility index (Phi) is 6.91. The summed E-state index contributed by atoms with van der Waals surface area (Å²) in [6, 6.07) is 9.53. The largest absolute Gasteiger partial charge is 0.466 e. The highest BCUT2D eigenvalue weighted by Gasteiger charge is 2.53. The molecule has 5 nitrogen and oxygen atoms in total. The van der Waals surface area contributed by atoms with Crippen molar-refractivity contribution in [3.63, 3.8) is 0 Å². The number of rotatable bonds is 6. The zero-order valence-electron chi connectivity index (χ0n) is 15.2. The molecule has 1 aromatic rings. The van der Waals surface area contributed by atoms with E-state index in [2.05, 4.69) is 0 Å². The van der Waals surface area contributed by atoms with Crippen LogP contribution in [0.1, 0.15) is 33.6 Å². The number of thioether (sulfide) groups is 1.